The molecule has 1 amide bonds. The molecule has 0 bridgehead atoms. The first-order valence-electron chi connectivity index (χ1n) is 12.3. The van der Waals surface area contributed by atoms with Crippen LogP contribution < -0.4 is 20.7 Å². The zero-order valence-electron chi connectivity index (χ0n) is 21.1. The minimum absolute atomic E-state index is 0.0135. The maximum atomic E-state index is 13.2. The number of allylic oxidation sites excluding steroid dienone is 3. The Bertz CT molecular complexity index is 1490. The number of Topliss-reactive ketones (excluding diaryl/α,β-unsaturated/α-hetero) is 1. The number of nitrogens with two attached hydrogens (primary N) is 1. The molecule has 39 heavy (non-hydrogen) atoms. The van der Waals surface area contributed by atoms with Crippen molar-refractivity contribution in [1.29, 1.82) is 5.26 Å². The van der Waals surface area contributed by atoms with Crippen molar-refractivity contribution < 1.29 is 14.3 Å². The number of nitriles is 1. The predicted octanol–water partition coefficient (Wildman–Crippen LogP) is 4.37. The van der Waals surface area contributed by atoms with Gasteiger partial charge in [0.1, 0.15) is 11.6 Å². The van der Waals surface area contributed by atoms with E-state index in [4.69, 9.17) is 10.5 Å². The standard InChI is InChI=1S/C27H25N7O3S2/c1-2-37-18-10-8-17(9-11-18)31-22(36)15-38-27-33-32-26(39-27)34-20-6-3-7-21(35)24(20)23(19(13-28)25(34)29)16-5-4-12-30-14-16/h4-5,8-12,14,23H,2-3,6-7,15,29H2,1H3,(H,31,36). The van der Waals surface area contributed by atoms with Crippen LogP contribution in [0.3, 0.4) is 0 Å². The van der Waals surface area contributed by atoms with E-state index in [-0.39, 0.29) is 28.8 Å². The number of nitrogens with zero attached hydrogens (tertiary/aromatic N) is 5. The van der Waals surface area contributed by atoms with E-state index in [9.17, 15) is 14.9 Å². The van der Waals surface area contributed by atoms with Crippen molar-refractivity contribution in [2.24, 2.45) is 5.73 Å². The zero-order valence-corrected chi connectivity index (χ0v) is 22.7. The lowest BCUT2D eigenvalue weighted by atomic mass is 9.76. The number of amides is 1. The van der Waals surface area contributed by atoms with E-state index in [1.165, 1.54) is 23.1 Å². The van der Waals surface area contributed by atoms with Crippen molar-refractivity contribution in [1.82, 2.24) is 15.2 Å². The largest absolute Gasteiger partial charge is 0.494 e. The fraction of sp³-hybridized carbons (Fsp3) is 0.259. The number of carbonyl (C=O) groups excluding carboxylic acids is 2. The summed E-state index contributed by atoms with van der Waals surface area (Å²) in [6.07, 6.45) is 5.01. The summed E-state index contributed by atoms with van der Waals surface area (Å²) in [5.41, 5.74) is 9.54. The number of hydrogen-bond donors (Lipinski definition) is 2. The lowest BCUT2D eigenvalue weighted by Gasteiger charge is -2.37. The topological polar surface area (TPSA) is 147 Å². The molecule has 3 heterocycles. The maximum Gasteiger partial charge on any atom is 0.234 e. The van der Waals surface area contributed by atoms with Crippen LogP contribution >= 0.6 is 23.1 Å². The third-order valence-electron chi connectivity index (χ3n) is 6.29. The second kappa shape index (κ2) is 11.7. The van der Waals surface area contributed by atoms with Crippen molar-refractivity contribution in [2.45, 2.75) is 36.4 Å². The van der Waals surface area contributed by atoms with E-state index < -0.39 is 5.92 Å². The number of benzene rings is 1. The number of pyridine rings is 1. The Balaban J connectivity index is 1.35. The van der Waals surface area contributed by atoms with Gasteiger partial charge in [0.15, 0.2) is 10.1 Å². The molecule has 0 saturated carbocycles. The van der Waals surface area contributed by atoms with Gasteiger partial charge >= 0.3 is 0 Å². The Morgan fingerprint density at radius 2 is 2.10 bits per heavy atom. The third-order valence-corrected chi connectivity index (χ3v) is 8.34. The highest BCUT2D eigenvalue weighted by Gasteiger charge is 2.41. The Kier molecular flexibility index (Phi) is 7.90. The fourth-order valence-corrected chi connectivity index (χ4v) is 6.34. The molecule has 3 N–H and O–H groups in total. The number of hydrogen-bond acceptors (Lipinski definition) is 11. The average molecular weight is 560 g/mol. The van der Waals surface area contributed by atoms with Gasteiger partial charge in [0, 0.05) is 35.8 Å². The monoisotopic (exact) mass is 559 g/mol. The molecule has 10 nitrogen and oxygen atoms in total. The number of anilines is 2. The second-order valence-corrected chi connectivity index (χ2v) is 10.9. The minimum Gasteiger partial charge on any atom is -0.494 e. The predicted molar refractivity (Wildman–Crippen MR) is 149 cm³/mol. The van der Waals surface area contributed by atoms with Crippen molar-refractivity contribution in [3.05, 3.63) is 77.0 Å². The normalized spacial score (nSPS) is 17.1. The van der Waals surface area contributed by atoms with E-state index in [0.717, 1.165) is 17.0 Å². The van der Waals surface area contributed by atoms with Gasteiger partial charge in [0.25, 0.3) is 0 Å². The number of thioether (sulfide) groups is 1. The van der Waals surface area contributed by atoms with Gasteiger partial charge in [0.2, 0.25) is 11.0 Å². The molecule has 12 heteroatoms. The van der Waals surface area contributed by atoms with Crippen molar-refractivity contribution in [3.63, 3.8) is 0 Å². The molecule has 1 aliphatic heterocycles. The number of carbonyl (C=O) groups is 2. The summed E-state index contributed by atoms with van der Waals surface area (Å²) in [6.45, 7) is 2.48. The van der Waals surface area contributed by atoms with Gasteiger partial charge in [0.05, 0.1) is 29.9 Å². The van der Waals surface area contributed by atoms with E-state index in [1.807, 2.05) is 13.0 Å². The first kappa shape index (κ1) is 26.4. The van der Waals surface area contributed by atoms with Crippen LogP contribution in [-0.4, -0.2) is 39.2 Å². The summed E-state index contributed by atoms with van der Waals surface area (Å²) >= 11 is 2.50. The number of ether oxygens (including phenoxy) is 1. The van der Waals surface area contributed by atoms with Crippen LogP contribution in [0.1, 0.15) is 37.7 Å². The van der Waals surface area contributed by atoms with Gasteiger partial charge in [-0.25, -0.2) is 0 Å². The summed E-state index contributed by atoms with van der Waals surface area (Å²) in [4.78, 5) is 31.5. The molecule has 2 aliphatic rings. The molecule has 0 fully saturated rings. The Morgan fingerprint density at radius 1 is 1.28 bits per heavy atom. The first-order valence-corrected chi connectivity index (χ1v) is 14.2. The molecule has 3 aromatic rings. The quantitative estimate of drug-likeness (QED) is 0.381. The number of ketones is 1. The van der Waals surface area contributed by atoms with Gasteiger partial charge in [-0.15, -0.1) is 10.2 Å². The van der Waals surface area contributed by atoms with Gasteiger partial charge in [-0.3, -0.25) is 19.5 Å². The molecule has 5 rings (SSSR count). The molecule has 0 saturated heterocycles. The molecule has 1 atom stereocenters. The molecular weight excluding hydrogens is 534 g/mol. The average Bonchev–Trinajstić information content (AvgIpc) is 3.41. The van der Waals surface area contributed by atoms with Crippen LogP contribution in [0.5, 0.6) is 5.75 Å². The van der Waals surface area contributed by atoms with E-state index in [0.29, 0.717) is 46.6 Å². The lowest BCUT2D eigenvalue weighted by molar-refractivity contribution is -0.116. The van der Waals surface area contributed by atoms with E-state index >= 15 is 0 Å². The lowest BCUT2D eigenvalue weighted by Crippen LogP contribution is -2.38. The van der Waals surface area contributed by atoms with Gasteiger partial charge < -0.3 is 15.8 Å². The number of aromatic nitrogens is 3. The number of nitrogens with one attached hydrogen (secondary N) is 1. The van der Waals surface area contributed by atoms with Crippen LogP contribution in [0, 0.1) is 11.3 Å². The van der Waals surface area contributed by atoms with Crippen molar-refractivity contribution in [3.8, 4) is 11.8 Å². The minimum atomic E-state index is -0.573. The van der Waals surface area contributed by atoms with Crippen LogP contribution in [-0.2, 0) is 9.59 Å². The summed E-state index contributed by atoms with van der Waals surface area (Å²) in [6, 6.07) is 13.0. The highest BCUT2D eigenvalue weighted by Crippen LogP contribution is 2.46. The molecule has 0 radical (unpaired) electrons. The number of rotatable bonds is 8. The molecule has 198 valence electrons. The highest BCUT2D eigenvalue weighted by atomic mass is 32.2. The molecule has 1 aliphatic carbocycles. The zero-order chi connectivity index (χ0) is 27.4. The van der Waals surface area contributed by atoms with E-state index in [1.54, 1.807) is 47.6 Å². The summed E-state index contributed by atoms with van der Waals surface area (Å²) in [7, 11) is 0. The van der Waals surface area contributed by atoms with Gasteiger partial charge in [-0.05, 0) is 55.7 Å². The third kappa shape index (κ3) is 5.50. The van der Waals surface area contributed by atoms with Gasteiger partial charge in [-0.1, -0.05) is 29.2 Å². The maximum absolute atomic E-state index is 13.2. The van der Waals surface area contributed by atoms with Crippen LogP contribution in [0.2, 0.25) is 0 Å². The molecule has 1 aromatic carbocycles. The van der Waals surface area contributed by atoms with Crippen LogP contribution in [0.4, 0.5) is 10.8 Å². The molecule has 0 spiro atoms. The first-order chi connectivity index (χ1) is 19.0. The SMILES string of the molecule is CCOc1ccc(NC(=O)CSc2nnc(N3C(N)=C(C#N)C(c4cccnc4)C4=C3CCCC4=O)s2)cc1. The molecule has 1 unspecified atom stereocenters. The summed E-state index contributed by atoms with van der Waals surface area (Å²) < 4.78 is 5.99. The van der Waals surface area contributed by atoms with Crippen LogP contribution in [0.25, 0.3) is 0 Å². The fourth-order valence-electron chi connectivity index (χ4n) is 4.66. The smallest absolute Gasteiger partial charge is 0.234 e. The Hall–Kier alpha value is -4.21. The Morgan fingerprint density at radius 3 is 2.82 bits per heavy atom. The molecule has 2 aromatic heterocycles. The van der Waals surface area contributed by atoms with Crippen molar-refractivity contribution >= 4 is 45.6 Å². The van der Waals surface area contributed by atoms with Crippen molar-refractivity contribution in [2.75, 3.05) is 22.6 Å². The molecular formula is C27H25N7O3S2. The summed E-state index contributed by atoms with van der Waals surface area (Å²) in [5, 5.41) is 21.9. The van der Waals surface area contributed by atoms with E-state index in [2.05, 4.69) is 26.6 Å². The van der Waals surface area contributed by atoms with Gasteiger partial charge in [-0.2, -0.15) is 5.26 Å². The Labute approximate surface area is 233 Å². The summed E-state index contributed by atoms with van der Waals surface area (Å²) in [5.74, 6) is 0.317. The van der Waals surface area contributed by atoms with Crippen LogP contribution in [0.15, 0.2) is 75.8 Å². The highest BCUT2D eigenvalue weighted by molar-refractivity contribution is 8.01. The second-order valence-electron chi connectivity index (χ2n) is 8.75.